The summed E-state index contributed by atoms with van der Waals surface area (Å²) in [5.74, 6) is -0.401. The molecule has 0 spiro atoms. The number of para-hydroxylation sites is 1. The largest absolute Gasteiger partial charge is 0.483 e. The molecule has 8 heteroatoms. The fourth-order valence-corrected chi connectivity index (χ4v) is 2.29. The van der Waals surface area contributed by atoms with Crippen molar-refractivity contribution in [2.24, 2.45) is 5.73 Å². The van der Waals surface area contributed by atoms with Gasteiger partial charge in [-0.05, 0) is 25.0 Å². The Kier molecular flexibility index (Phi) is 6.49. The molecule has 1 amide bonds. The summed E-state index contributed by atoms with van der Waals surface area (Å²) in [7, 11) is 0. The lowest BCUT2D eigenvalue weighted by Crippen LogP contribution is -2.45. The lowest BCUT2D eigenvalue weighted by atomic mass is 10.0. The van der Waals surface area contributed by atoms with E-state index in [1.165, 1.54) is 18.2 Å². The molecule has 0 radical (unpaired) electrons. The molecule has 2 rings (SSSR count). The molecule has 1 aromatic rings. The van der Waals surface area contributed by atoms with Crippen molar-refractivity contribution in [3.05, 3.63) is 29.8 Å². The number of alkyl halides is 3. The quantitative estimate of drug-likeness (QED) is 0.921. The van der Waals surface area contributed by atoms with Crippen molar-refractivity contribution in [3.8, 4) is 5.75 Å². The van der Waals surface area contributed by atoms with Crippen molar-refractivity contribution in [2.45, 2.75) is 25.1 Å². The molecule has 0 saturated carbocycles. The average Bonchev–Trinajstić information content (AvgIpc) is 2.44. The van der Waals surface area contributed by atoms with Crippen LogP contribution in [0.5, 0.6) is 5.75 Å². The summed E-state index contributed by atoms with van der Waals surface area (Å²) < 4.78 is 41.5. The number of ether oxygens (including phenoxy) is 1. The van der Waals surface area contributed by atoms with Crippen LogP contribution < -0.4 is 10.5 Å². The van der Waals surface area contributed by atoms with Crippen molar-refractivity contribution in [1.29, 1.82) is 0 Å². The van der Waals surface area contributed by atoms with Crippen molar-refractivity contribution in [1.82, 2.24) is 4.90 Å². The number of carbonyl (C=O) groups excluding carboxylic acids is 1. The van der Waals surface area contributed by atoms with Crippen molar-refractivity contribution < 1.29 is 22.7 Å². The fraction of sp³-hybridized carbons (Fsp3) is 0.500. The Morgan fingerprint density at radius 3 is 2.68 bits per heavy atom. The molecule has 22 heavy (non-hydrogen) atoms. The molecule has 0 aliphatic carbocycles. The molecular weight excluding hydrogens is 321 g/mol. The maximum Gasteiger partial charge on any atom is 0.422 e. The molecule has 1 saturated heterocycles. The Balaban J connectivity index is 0.00000242. The van der Waals surface area contributed by atoms with Crippen LogP contribution in [0.15, 0.2) is 24.3 Å². The van der Waals surface area contributed by atoms with Gasteiger partial charge < -0.3 is 15.4 Å². The minimum Gasteiger partial charge on any atom is -0.483 e. The van der Waals surface area contributed by atoms with E-state index in [1.54, 1.807) is 11.0 Å². The van der Waals surface area contributed by atoms with Gasteiger partial charge in [0.1, 0.15) is 5.75 Å². The van der Waals surface area contributed by atoms with E-state index in [1.807, 2.05) is 0 Å². The lowest BCUT2D eigenvalue weighted by molar-refractivity contribution is -0.153. The van der Waals surface area contributed by atoms with Gasteiger partial charge in [0.2, 0.25) is 0 Å². The number of piperidine rings is 1. The number of nitrogens with two attached hydrogens (primary N) is 1. The average molecular weight is 339 g/mol. The summed E-state index contributed by atoms with van der Waals surface area (Å²) in [4.78, 5) is 14.0. The Morgan fingerprint density at radius 2 is 2.05 bits per heavy atom. The molecule has 4 nitrogen and oxygen atoms in total. The van der Waals surface area contributed by atoms with E-state index in [9.17, 15) is 18.0 Å². The molecule has 1 fully saturated rings. The monoisotopic (exact) mass is 338 g/mol. The van der Waals surface area contributed by atoms with Gasteiger partial charge in [-0.1, -0.05) is 12.1 Å². The molecule has 2 N–H and O–H groups in total. The van der Waals surface area contributed by atoms with Gasteiger partial charge in [0.05, 0.1) is 5.56 Å². The smallest absolute Gasteiger partial charge is 0.422 e. The van der Waals surface area contributed by atoms with Crippen LogP contribution in [0.3, 0.4) is 0 Å². The van der Waals surface area contributed by atoms with Gasteiger partial charge in [0, 0.05) is 19.1 Å². The molecule has 1 aliphatic heterocycles. The zero-order valence-corrected chi connectivity index (χ0v) is 12.6. The third kappa shape index (κ3) is 5.06. The summed E-state index contributed by atoms with van der Waals surface area (Å²) >= 11 is 0. The number of hydrogen-bond acceptors (Lipinski definition) is 3. The summed E-state index contributed by atoms with van der Waals surface area (Å²) in [6, 6.07) is 5.87. The van der Waals surface area contributed by atoms with Gasteiger partial charge in [-0.2, -0.15) is 13.2 Å². The van der Waals surface area contributed by atoms with Gasteiger partial charge in [0.25, 0.3) is 5.91 Å². The van der Waals surface area contributed by atoms with E-state index < -0.39 is 12.8 Å². The van der Waals surface area contributed by atoms with E-state index in [-0.39, 0.29) is 35.7 Å². The van der Waals surface area contributed by atoms with Crippen LogP contribution in [0.4, 0.5) is 13.2 Å². The second-order valence-electron chi connectivity index (χ2n) is 5.05. The molecule has 0 bridgehead atoms. The molecular formula is C14H18ClF3N2O2. The van der Waals surface area contributed by atoms with Gasteiger partial charge in [-0.25, -0.2) is 0 Å². The fourth-order valence-electron chi connectivity index (χ4n) is 2.29. The molecule has 1 atom stereocenters. The summed E-state index contributed by atoms with van der Waals surface area (Å²) in [6.45, 7) is -0.455. The first kappa shape index (κ1) is 18.6. The summed E-state index contributed by atoms with van der Waals surface area (Å²) in [5.41, 5.74) is 5.96. The minimum absolute atomic E-state index is 0. The highest BCUT2D eigenvalue weighted by Crippen LogP contribution is 2.24. The second-order valence-corrected chi connectivity index (χ2v) is 5.05. The van der Waals surface area contributed by atoms with E-state index >= 15 is 0 Å². The Morgan fingerprint density at radius 1 is 1.36 bits per heavy atom. The van der Waals surface area contributed by atoms with Crippen molar-refractivity contribution in [3.63, 3.8) is 0 Å². The molecule has 1 aliphatic rings. The first-order chi connectivity index (χ1) is 9.87. The predicted molar refractivity (Wildman–Crippen MR) is 78.4 cm³/mol. The molecule has 0 aromatic heterocycles. The first-order valence-corrected chi connectivity index (χ1v) is 6.70. The van der Waals surface area contributed by atoms with E-state index in [4.69, 9.17) is 10.5 Å². The number of likely N-dealkylation sites (tertiary alicyclic amines) is 1. The van der Waals surface area contributed by atoms with Crippen LogP contribution in [-0.2, 0) is 0 Å². The van der Waals surface area contributed by atoms with E-state index in [2.05, 4.69) is 0 Å². The van der Waals surface area contributed by atoms with Crippen LogP contribution in [0.1, 0.15) is 23.2 Å². The number of rotatable bonds is 3. The van der Waals surface area contributed by atoms with Crippen LogP contribution >= 0.6 is 12.4 Å². The number of nitrogens with zero attached hydrogens (tertiary/aromatic N) is 1. The number of hydrogen-bond donors (Lipinski definition) is 1. The molecule has 1 heterocycles. The van der Waals surface area contributed by atoms with Crippen LogP contribution in [0.25, 0.3) is 0 Å². The Labute approximate surface area is 132 Å². The van der Waals surface area contributed by atoms with Crippen LogP contribution in [0, 0.1) is 0 Å². The highest BCUT2D eigenvalue weighted by Gasteiger charge is 2.30. The summed E-state index contributed by atoms with van der Waals surface area (Å²) in [6.07, 6.45) is -2.81. The number of carbonyl (C=O) groups is 1. The SMILES string of the molecule is Cl.N[C@@H]1CCCN(C(=O)c2ccccc2OCC(F)(F)F)C1. The molecule has 1 aromatic carbocycles. The third-order valence-electron chi connectivity index (χ3n) is 3.25. The second kappa shape index (κ2) is 7.69. The van der Waals surface area contributed by atoms with Crippen LogP contribution in [0.2, 0.25) is 0 Å². The van der Waals surface area contributed by atoms with Crippen LogP contribution in [-0.4, -0.2) is 42.7 Å². The maximum absolute atomic E-state index is 12.4. The number of amides is 1. The zero-order chi connectivity index (χ0) is 15.5. The van der Waals surface area contributed by atoms with Gasteiger partial charge >= 0.3 is 6.18 Å². The highest BCUT2D eigenvalue weighted by atomic mass is 35.5. The molecule has 124 valence electrons. The Hall–Kier alpha value is -1.47. The third-order valence-corrected chi connectivity index (χ3v) is 3.25. The minimum atomic E-state index is -4.44. The first-order valence-electron chi connectivity index (χ1n) is 6.70. The lowest BCUT2D eigenvalue weighted by Gasteiger charge is -2.31. The van der Waals surface area contributed by atoms with Crippen molar-refractivity contribution in [2.75, 3.05) is 19.7 Å². The van der Waals surface area contributed by atoms with Crippen molar-refractivity contribution >= 4 is 18.3 Å². The maximum atomic E-state index is 12.4. The predicted octanol–water partition coefficient (Wildman–Crippen LogP) is 2.61. The standard InChI is InChI=1S/C14H17F3N2O2.ClH/c15-14(16,17)9-21-12-6-2-1-5-11(12)13(20)19-7-3-4-10(18)8-19;/h1-2,5-6,10H,3-4,7-9,18H2;1H/t10-;/m1./s1. The topological polar surface area (TPSA) is 55.6 Å². The number of halogens is 4. The molecule has 0 unspecified atom stereocenters. The number of benzene rings is 1. The van der Waals surface area contributed by atoms with E-state index in [0.717, 1.165) is 12.8 Å². The van der Waals surface area contributed by atoms with E-state index in [0.29, 0.717) is 13.1 Å². The summed E-state index contributed by atoms with van der Waals surface area (Å²) in [5, 5.41) is 0. The van der Waals surface area contributed by atoms with Gasteiger partial charge in [-0.15, -0.1) is 12.4 Å². The van der Waals surface area contributed by atoms with Gasteiger partial charge in [0.15, 0.2) is 6.61 Å². The normalized spacial score (nSPS) is 18.5. The zero-order valence-electron chi connectivity index (χ0n) is 11.8. The Bertz CT molecular complexity index is 511. The highest BCUT2D eigenvalue weighted by molar-refractivity contribution is 5.97. The van der Waals surface area contributed by atoms with Gasteiger partial charge in [-0.3, -0.25) is 4.79 Å².